The number of rotatable bonds is 5. The lowest BCUT2D eigenvalue weighted by molar-refractivity contribution is -0.138. The van der Waals surface area contributed by atoms with Crippen LogP contribution in [0.15, 0.2) is 42.6 Å². The minimum atomic E-state index is -4.97. The van der Waals surface area contributed by atoms with E-state index in [0.717, 1.165) is 12.1 Å². The monoisotopic (exact) mass is 604 g/mol. The zero-order chi connectivity index (χ0) is 31.1. The van der Waals surface area contributed by atoms with Gasteiger partial charge in [0.2, 0.25) is 5.95 Å². The number of nitrogens with zero attached hydrogens (tertiary/aromatic N) is 5. The summed E-state index contributed by atoms with van der Waals surface area (Å²) in [6.07, 6.45) is -3.59. The molecular weight excluding hydrogens is 571 g/mol. The van der Waals surface area contributed by atoms with Gasteiger partial charge in [0.15, 0.2) is 0 Å². The summed E-state index contributed by atoms with van der Waals surface area (Å²) in [6.45, 7) is 8.59. The van der Waals surface area contributed by atoms with Crippen LogP contribution in [0.25, 0.3) is 11.3 Å². The van der Waals surface area contributed by atoms with E-state index in [1.165, 1.54) is 24.4 Å². The minimum Gasteiger partial charge on any atom is -0.372 e. The van der Waals surface area contributed by atoms with Crippen LogP contribution in [0.4, 0.5) is 39.3 Å². The lowest BCUT2D eigenvalue weighted by Crippen LogP contribution is -2.50. The van der Waals surface area contributed by atoms with Gasteiger partial charge in [-0.15, -0.1) is 0 Å². The molecule has 2 fully saturated rings. The summed E-state index contributed by atoms with van der Waals surface area (Å²) >= 11 is 0. The van der Waals surface area contributed by atoms with Crippen LogP contribution in [-0.4, -0.2) is 78.8 Å². The molecule has 5 rings (SSSR count). The molecule has 1 amide bonds. The largest absolute Gasteiger partial charge is 0.417 e. The summed E-state index contributed by atoms with van der Waals surface area (Å²) in [5.41, 5.74) is -1.47. The van der Waals surface area contributed by atoms with Crippen LogP contribution >= 0.6 is 0 Å². The normalized spacial score (nSPS) is 21.7. The first-order valence-corrected chi connectivity index (χ1v) is 14.0. The molecule has 8 nitrogen and oxygen atoms in total. The molecule has 2 aliphatic rings. The van der Waals surface area contributed by atoms with Crippen LogP contribution in [0.1, 0.15) is 36.7 Å². The third kappa shape index (κ3) is 6.72. The first kappa shape index (κ1) is 30.6. The summed E-state index contributed by atoms with van der Waals surface area (Å²) in [5.74, 6) is -2.47. The number of hydrogen-bond donors (Lipinski definition) is 1. The average Bonchev–Trinajstić information content (AvgIpc) is 2.94. The van der Waals surface area contributed by atoms with E-state index in [1.807, 2.05) is 37.6 Å². The molecular formula is C30H33F5N6O2. The first-order valence-electron chi connectivity index (χ1n) is 14.0. The highest BCUT2D eigenvalue weighted by Crippen LogP contribution is 2.37. The number of likely N-dealkylation sites (N-methyl/N-ethyl adjacent to an activating group) is 1. The van der Waals surface area contributed by atoms with Crippen molar-refractivity contribution in [3.8, 4) is 11.3 Å². The molecule has 1 aromatic heterocycles. The topological polar surface area (TPSA) is 73.8 Å². The highest BCUT2D eigenvalue weighted by molar-refractivity contribution is 6.07. The summed E-state index contributed by atoms with van der Waals surface area (Å²) in [6, 6.07) is 6.12. The van der Waals surface area contributed by atoms with Gasteiger partial charge < -0.3 is 24.8 Å². The number of benzene rings is 2. The van der Waals surface area contributed by atoms with Crippen LogP contribution in [0.2, 0.25) is 0 Å². The van der Waals surface area contributed by atoms with Crippen molar-refractivity contribution in [3.63, 3.8) is 0 Å². The third-order valence-corrected chi connectivity index (χ3v) is 7.79. The van der Waals surface area contributed by atoms with Crippen molar-refractivity contribution >= 4 is 23.2 Å². The molecule has 3 heterocycles. The van der Waals surface area contributed by atoms with Gasteiger partial charge in [-0.05, 0) is 64.2 Å². The molecule has 0 radical (unpaired) electrons. The molecule has 2 saturated heterocycles. The number of carbonyl (C=O) groups excluding carboxylic acids is 1. The van der Waals surface area contributed by atoms with Gasteiger partial charge in [-0.25, -0.2) is 18.7 Å². The molecule has 3 atom stereocenters. The van der Waals surface area contributed by atoms with Gasteiger partial charge in [0, 0.05) is 50.5 Å². The second kappa shape index (κ2) is 12.0. The SMILES string of the molecule is CC1CN(c2nccc(-c3cc(NC(=O)c4ccc(F)cc4C(F)(F)F)c(N4CCN(C)C(C)C4)cc3F)n2)CC(C)O1. The molecule has 13 heteroatoms. The summed E-state index contributed by atoms with van der Waals surface area (Å²) in [5, 5.41) is 2.56. The number of halogens is 5. The van der Waals surface area contributed by atoms with Gasteiger partial charge >= 0.3 is 6.18 Å². The van der Waals surface area contributed by atoms with Gasteiger partial charge in [-0.1, -0.05) is 0 Å². The highest BCUT2D eigenvalue weighted by Gasteiger charge is 2.36. The maximum atomic E-state index is 15.8. The Morgan fingerprint density at radius 3 is 2.37 bits per heavy atom. The zero-order valence-corrected chi connectivity index (χ0v) is 24.3. The molecule has 3 aromatic rings. The van der Waals surface area contributed by atoms with Crippen molar-refractivity contribution in [2.75, 3.05) is 54.9 Å². The molecule has 43 heavy (non-hydrogen) atoms. The summed E-state index contributed by atoms with van der Waals surface area (Å²) in [4.78, 5) is 28.2. The number of aromatic nitrogens is 2. The number of hydrogen-bond acceptors (Lipinski definition) is 7. The standard InChI is InChI=1S/C30H33F5N6O2/c1-17-14-40(10-9-39(17)4)27-13-24(32)22(25-7-8-36-29(38-25)41-15-18(2)43-19(3)16-41)12-26(27)37-28(42)21-6-5-20(31)11-23(21)30(33,34)35/h5-8,11-13,17-19H,9-10,14-16H2,1-4H3,(H,37,42). The first-order chi connectivity index (χ1) is 20.3. The fourth-order valence-corrected chi connectivity index (χ4v) is 5.52. The molecule has 0 saturated carbocycles. The van der Waals surface area contributed by atoms with Crippen molar-refractivity contribution in [2.24, 2.45) is 0 Å². The summed E-state index contributed by atoms with van der Waals surface area (Å²) in [7, 11) is 1.96. The van der Waals surface area contributed by atoms with Crippen molar-refractivity contribution < 1.29 is 31.5 Å². The summed E-state index contributed by atoms with van der Waals surface area (Å²) < 4.78 is 76.5. The van der Waals surface area contributed by atoms with Crippen LogP contribution in [0.3, 0.4) is 0 Å². The molecule has 2 aromatic carbocycles. The van der Waals surface area contributed by atoms with Crippen LogP contribution in [0.5, 0.6) is 0 Å². The molecule has 1 N–H and O–H groups in total. The van der Waals surface area contributed by atoms with Gasteiger partial charge in [0.1, 0.15) is 11.6 Å². The second-order valence-electron chi connectivity index (χ2n) is 11.2. The maximum absolute atomic E-state index is 15.8. The van der Waals surface area contributed by atoms with Crippen molar-refractivity contribution in [1.82, 2.24) is 14.9 Å². The molecule has 0 bridgehead atoms. The van der Waals surface area contributed by atoms with E-state index < -0.39 is 34.8 Å². The van der Waals surface area contributed by atoms with E-state index in [9.17, 15) is 22.4 Å². The minimum absolute atomic E-state index is 0.0365. The van der Waals surface area contributed by atoms with Gasteiger partial charge in [-0.2, -0.15) is 13.2 Å². The number of amides is 1. The number of carbonyl (C=O) groups is 1. The van der Waals surface area contributed by atoms with Crippen LogP contribution in [0, 0.1) is 11.6 Å². The lowest BCUT2D eigenvalue weighted by Gasteiger charge is -2.39. The lowest BCUT2D eigenvalue weighted by atomic mass is 10.0. The number of alkyl halides is 3. The highest BCUT2D eigenvalue weighted by atomic mass is 19.4. The Balaban J connectivity index is 1.56. The fourth-order valence-electron chi connectivity index (χ4n) is 5.52. The molecule has 3 unspecified atom stereocenters. The molecule has 0 aliphatic carbocycles. The Bertz CT molecular complexity index is 1490. The van der Waals surface area contributed by atoms with Crippen LogP contribution < -0.4 is 15.1 Å². The maximum Gasteiger partial charge on any atom is 0.417 e. The number of piperazine rings is 1. The van der Waals surface area contributed by atoms with Crippen molar-refractivity contribution in [2.45, 2.75) is 45.2 Å². The predicted molar refractivity (Wildman–Crippen MR) is 153 cm³/mol. The predicted octanol–water partition coefficient (Wildman–Crippen LogP) is 5.45. The third-order valence-electron chi connectivity index (χ3n) is 7.79. The van der Waals surface area contributed by atoms with E-state index in [-0.39, 0.29) is 41.3 Å². The Morgan fingerprint density at radius 2 is 1.70 bits per heavy atom. The number of morpholine rings is 1. The van der Waals surface area contributed by atoms with E-state index in [4.69, 9.17) is 4.74 Å². The molecule has 0 spiro atoms. The zero-order valence-electron chi connectivity index (χ0n) is 24.3. The van der Waals surface area contributed by atoms with E-state index in [2.05, 4.69) is 20.2 Å². The van der Waals surface area contributed by atoms with Gasteiger partial charge in [-0.3, -0.25) is 4.79 Å². The Labute approximate surface area is 246 Å². The Kier molecular flexibility index (Phi) is 8.57. The van der Waals surface area contributed by atoms with E-state index >= 15 is 4.39 Å². The molecule has 2 aliphatic heterocycles. The molecule has 230 valence electrons. The second-order valence-corrected chi connectivity index (χ2v) is 11.2. The smallest absolute Gasteiger partial charge is 0.372 e. The van der Waals surface area contributed by atoms with Gasteiger partial charge in [0.05, 0.1) is 40.4 Å². The fraction of sp³-hybridized carbons (Fsp3) is 0.433. The number of ether oxygens (including phenoxy) is 1. The van der Waals surface area contributed by atoms with E-state index in [0.29, 0.717) is 44.4 Å². The number of anilines is 3. The van der Waals surface area contributed by atoms with Crippen molar-refractivity contribution in [1.29, 1.82) is 0 Å². The van der Waals surface area contributed by atoms with E-state index in [1.54, 1.807) is 0 Å². The average molecular weight is 605 g/mol. The van der Waals surface area contributed by atoms with Crippen LogP contribution in [-0.2, 0) is 10.9 Å². The Morgan fingerprint density at radius 1 is 0.977 bits per heavy atom. The van der Waals surface area contributed by atoms with Gasteiger partial charge in [0.25, 0.3) is 5.91 Å². The Hall–Kier alpha value is -3.84. The quantitative estimate of drug-likeness (QED) is 0.389. The number of nitrogens with one attached hydrogen (secondary N) is 1. The van der Waals surface area contributed by atoms with Crippen molar-refractivity contribution in [3.05, 3.63) is 65.4 Å².